The molecule has 0 spiro atoms. The number of ether oxygens (including phenoxy) is 4. The van der Waals surface area contributed by atoms with Crippen LogP contribution in [0.15, 0.2) is 36.5 Å². The second kappa shape index (κ2) is 30.3. The summed E-state index contributed by atoms with van der Waals surface area (Å²) >= 11 is 0. The zero-order valence-electron chi connectivity index (χ0n) is 33.9. The lowest BCUT2D eigenvalue weighted by molar-refractivity contribution is -0.359. The van der Waals surface area contributed by atoms with E-state index in [0.717, 1.165) is 70.6 Å². The molecule has 9 N–H and O–H groups in total. The molecule has 2 aliphatic heterocycles. The molecule has 2 saturated heterocycles. The predicted molar refractivity (Wildman–Crippen MR) is 212 cm³/mol. The molecule has 14 heteroatoms. The number of rotatable bonds is 30. The van der Waals surface area contributed by atoms with Crippen molar-refractivity contribution in [2.45, 2.75) is 203 Å². The molecule has 326 valence electrons. The largest absolute Gasteiger partial charge is 0.394 e. The van der Waals surface area contributed by atoms with Gasteiger partial charge in [-0.05, 0) is 51.4 Å². The third-order valence-electron chi connectivity index (χ3n) is 10.4. The van der Waals surface area contributed by atoms with Crippen LogP contribution in [0.3, 0.4) is 0 Å². The number of hydrogen-bond acceptors (Lipinski definition) is 13. The van der Waals surface area contributed by atoms with Crippen LogP contribution < -0.4 is 5.32 Å². The molecule has 12 unspecified atom stereocenters. The van der Waals surface area contributed by atoms with Gasteiger partial charge in [0.05, 0.1) is 32.0 Å². The predicted octanol–water partition coefficient (Wildman–Crippen LogP) is 3.20. The molecule has 0 saturated carbocycles. The fourth-order valence-corrected chi connectivity index (χ4v) is 6.77. The molecule has 0 aromatic rings. The van der Waals surface area contributed by atoms with Crippen molar-refractivity contribution in [3.05, 3.63) is 36.5 Å². The molecular formula is C42H75NO13. The number of hydrogen-bond donors (Lipinski definition) is 9. The second-order valence-electron chi connectivity index (χ2n) is 15.1. The summed E-state index contributed by atoms with van der Waals surface area (Å²) in [6.07, 6.45) is 14.0. The van der Waals surface area contributed by atoms with Crippen LogP contribution in [0.5, 0.6) is 0 Å². The molecule has 12 atom stereocenters. The Kier molecular flexibility index (Phi) is 27.2. The van der Waals surface area contributed by atoms with E-state index < -0.39 is 86.8 Å². The lowest BCUT2D eigenvalue weighted by Gasteiger charge is -2.46. The van der Waals surface area contributed by atoms with Gasteiger partial charge in [0.25, 0.3) is 0 Å². The van der Waals surface area contributed by atoms with E-state index >= 15 is 0 Å². The molecule has 0 aliphatic carbocycles. The molecule has 14 nitrogen and oxygen atoms in total. The second-order valence-corrected chi connectivity index (χ2v) is 15.1. The van der Waals surface area contributed by atoms with E-state index in [-0.39, 0.29) is 18.9 Å². The third kappa shape index (κ3) is 18.9. The maximum Gasteiger partial charge on any atom is 0.220 e. The van der Waals surface area contributed by atoms with E-state index in [2.05, 4.69) is 48.7 Å². The summed E-state index contributed by atoms with van der Waals surface area (Å²) in [6.45, 7) is 2.60. The first-order valence-electron chi connectivity index (χ1n) is 21.2. The van der Waals surface area contributed by atoms with E-state index in [1.807, 2.05) is 6.92 Å². The number of aliphatic hydroxyl groups is 8. The van der Waals surface area contributed by atoms with Crippen LogP contribution in [0.4, 0.5) is 0 Å². The molecule has 1 amide bonds. The number of allylic oxidation sites excluding steroid dienone is 6. The first-order valence-corrected chi connectivity index (χ1v) is 21.2. The Bertz CT molecular complexity index is 1090. The van der Waals surface area contributed by atoms with Gasteiger partial charge in [0.1, 0.15) is 48.8 Å². The molecule has 0 aromatic carbocycles. The Hall–Kier alpha value is -1.79. The summed E-state index contributed by atoms with van der Waals surface area (Å²) in [4.78, 5) is 12.9. The minimum absolute atomic E-state index is 0.235. The Morgan fingerprint density at radius 3 is 1.80 bits per heavy atom. The van der Waals surface area contributed by atoms with Gasteiger partial charge in [-0.2, -0.15) is 0 Å². The van der Waals surface area contributed by atoms with Gasteiger partial charge in [-0.3, -0.25) is 4.79 Å². The van der Waals surface area contributed by atoms with Gasteiger partial charge < -0.3 is 65.1 Å². The minimum atomic E-state index is -1.78. The van der Waals surface area contributed by atoms with Crippen LogP contribution >= 0.6 is 0 Å². The average molecular weight is 802 g/mol. The molecule has 56 heavy (non-hydrogen) atoms. The molecule has 0 bridgehead atoms. The number of carbonyl (C=O) groups excluding carboxylic acids is 1. The Balaban J connectivity index is 1.75. The van der Waals surface area contributed by atoms with Crippen molar-refractivity contribution in [3.8, 4) is 0 Å². The molecular weight excluding hydrogens is 726 g/mol. The number of aliphatic hydroxyl groups excluding tert-OH is 8. The highest BCUT2D eigenvalue weighted by atomic mass is 16.7. The van der Waals surface area contributed by atoms with Gasteiger partial charge in [0, 0.05) is 6.42 Å². The number of unbranched alkanes of at least 4 members (excludes halogenated alkanes) is 11. The average Bonchev–Trinajstić information content (AvgIpc) is 3.19. The number of nitrogens with one attached hydrogen (secondary N) is 1. The van der Waals surface area contributed by atoms with E-state index in [1.54, 1.807) is 0 Å². The van der Waals surface area contributed by atoms with Gasteiger partial charge in [0.15, 0.2) is 12.6 Å². The van der Waals surface area contributed by atoms with Gasteiger partial charge in [-0.25, -0.2) is 0 Å². The van der Waals surface area contributed by atoms with Gasteiger partial charge >= 0.3 is 0 Å². The molecule has 0 radical (unpaired) electrons. The van der Waals surface area contributed by atoms with E-state index in [1.165, 1.54) is 25.7 Å². The maximum atomic E-state index is 12.9. The van der Waals surface area contributed by atoms with Crippen molar-refractivity contribution in [2.75, 3.05) is 19.8 Å². The lowest BCUT2D eigenvalue weighted by atomic mass is 9.97. The quantitative estimate of drug-likeness (QED) is 0.0376. The molecule has 2 rings (SSSR count). The molecule has 2 heterocycles. The summed E-state index contributed by atoms with van der Waals surface area (Å²) in [6, 6.07) is -0.830. The third-order valence-corrected chi connectivity index (χ3v) is 10.4. The van der Waals surface area contributed by atoms with Crippen molar-refractivity contribution < 1.29 is 64.6 Å². The SMILES string of the molecule is CCCCC/C=C\C/C=C\C/C=C\CCCCCCCCC(=O)NC(COC1OC(CO)C(OC2OC(CO)C(O)C(O)C2O)C(O)C1O)C(O)CCCCC. The topological polar surface area (TPSA) is 228 Å². The normalized spacial score (nSPS) is 29.8. The first-order chi connectivity index (χ1) is 27.1. The van der Waals surface area contributed by atoms with E-state index in [0.29, 0.717) is 12.8 Å². The minimum Gasteiger partial charge on any atom is -0.394 e. The maximum absolute atomic E-state index is 12.9. The first kappa shape index (κ1) is 50.4. The smallest absolute Gasteiger partial charge is 0.220 e. The monoisotopic (exact) mass is 802 g/mol. The van der Waals surface area contributed by atoms with E-state index in [4.69, 9.17) is 18.9 Å². The zero-order valence-corrected chi connectivity index (χ0v) is 33.9. The van der Waals surface area contributed by atoms with Gasteiger partial charge in [-0.1, -0.05) is 108 Å². The van der Waals surface area contributed by atoms with Crippen LogP contribution in [-0.4, -0.2) is 140 Å². The Morgan fingerprint density at radius 1 is 0.643 bits per heavy atom. The summed E-state index contributed by atoms with van der Waals surface area (Å²) in [5.41, 5.74) is 0. The molecule has 2 fully saturated rings. The van der Waals surface area contributed by atoms with Crippen LogP contribution in [-0.2, 0) is 23.7 Å². The Morgan fingerprint density at radius 2 is 1.18 bits per heavy atom. The van der Waals surface area contributed by atoms with Crippen molar-refractivity contribution in [1.82, 2.24) is 5.32 Å². The molecule has 0 aromatic heterocycles. The zero-order chi connectivity index (χ0) is 41.1. The van der Waals surface area contributed by atoms with Crippen molar-refractivity contribution >= 4 is 5.91 Å². The summed E-state index contributed by atoms with van der Waals surface area (Å²) in [5, 5.41) is 85.7. The standard InChI is InChI=1S/C42H75NO13/c1-3-5-7-8-9-10-11-12-13-14-15-16-17-18-19-20-21-22-24-26-34(47)43-30(31(46)25-23-6-4-2)29-53-41-39(52)37(50)40(33(28-45)55-41)56-42-38(51)36(49)35(48)32(27-44)54-42/h9-10,12-13,15-16,30-33,35-42,44-46,48-52H,3-8,11,14,17-29H2,1-2H3,(H,43,47)/b10-9-,13-12-,16-15-. The summed E-state index contributed by atoms with van der Waals surface area (Å²) in [7, 11) is 0. The van der Waals surface area contributed by atoms with Crippen LogP contribution in [0.1, 0.15) is 129 Å². The van der Waals surface area contributed by atoms with Crippen LogP contribution in [0.2, 0.25) is 0 Å². The lowest BCUT2D eigenvalue weighted by Crippen LogP contribution is -2.65. The highest BCUT2D eigenvalue weighted by Gasteiger charge is 2.50. The highest BCUT2D eigenvalue weighted by Crippen LogP contribution is 2.30. The van der Waals surface area contributed by atoms with Crippen molar-refractivity contribution in [1.29, 1.82) is 0 Å². The van der Waals surface area contributed by atoms with Crippen LogP contribution in [0.25, 0.3) is 0 Å². The van der Waals surface area contributed by atoms with Gasteiger partial charge in [-0.15, -0.1) is 0 Å². The highest BCUT2D eigenvalue weighted by molar-refractivity contribution is 5.76. The number of carbonyl (C=O) groups is 1. The van der Waals surface area contributed by atoms with E-state index in [9.17, 15) is 45.6 Å². The Labute approximate surface area is 334 Å². The summed E-state index contributed by atoms with van der Waals surface area (Å²) < 4.78 is 22.4. The fourth-order valence-electron chi connectivity index (χ4n) is 6.77. The van der Waals surface area contributed by atoms with Crippen LogP contribution in [0, 0.1) is 0 Å². The summed E-state index contributed by atoms with van der Waals surface area (Å²) in [5.74, 6) is -0.235. The number of amides is 1. The van der Waals surface area contributed by atoms with Crippen molar-refractivity contribution in [2.24, 2.45) is 0 Å². The van der Waals surface area contributed by atoms with Gasteiger partial charge in [0.2, 0.25) is 5.91 Å². The molecule has 2 aliphatic rings. The van der Waals surface area contributed by atoms with Crippen molar-refractivity contribution in [3.63, 3.8) is 0 Å². The fraction of sp³-hybridized carbons (Fsp3) is 0.833.